The predicted octanol–water partition coefficient (Wildman–Crippen LogP) is 4.59. The number of allylic oxidation sites excluding steroid dienone is 1. The fourth-order valence-electron chi connectivity index (χ4n) is 1.70. The molecule has 0 aliphatic heterocycles. The third-order valence-corrected chi connectivity index (χ3v) is 3.33. The number of hydrogen-bond acceptors (Lipinski definition) is 0. The molecule has 80 valence electrons. The van der Waals surface area contributed by atoms with Crippen LogP contribution in [0.2, 0.25) is 0 Å². The van der Waals surface area contributed by atoms with Crippen molar-refractivity contribution in [3.63, 3.8) is 0 Å². The van der Waals surface area contributed by atoms with Crippen molar-refractivity contribution in [1.29, 1.82) is 0 Å². The van der Waals surface area contributed by atoms with Crippen molar-refractivity contribution < 1.29 is 0 Å². The van der Waals surface area contributed by atoms with Crippen LogP contribution in [-0.2, 0) is 0 Å². The van der Waals surface area contributed by atoms with Gasteiger partial charge in [-0.1, -0.05) is 35.9 Å². The van der Waals surface area contributed by atoms with Crippen LogP contribution in [0.4, 0.5) is 0 Å². The molecule has 0 aromatic heterocycles. The van der Waals surface area contributed by atoms with Crippen LogP contribution in [-0.4, -0.2) is 5.38 Å². The van der Waals surface area contributed by atoms with Crippen LogP contribution in [0.15, 0.2) is 29.8 Å². The predicted molar refractivity (Wildman–Crippen MR) is 67.4 cm³/mol. The van der Waals surface area contributed by atoms with Crippen molar-refractivity contribution in [2.24, 2.45) is 0 Å². The van der Waals surface area contributed by atoms with E-state index in [0.29, 0.717) is 0 Å². The topological polar surface area (TPSA) is 0 Å². The number of halogens is 1. The summed E-state index contributed by atoms with van der Waals surface area (Å²) in [5, 5.41) is 0.120. The van der Waals surface area contributed by atoms with Gasteiger partial charge in [0.1, 0.15) is 0 Å². The van der Waals surface area contributed by atoms with Crippen LogP contribution in [0.5, 0.6) is 0 Å². The molecule has 0 saturated heterocycles. The number of benzene rings is 1. The Hall–Kier alpha value is -0.750. The van der Waals surface area contributed by atoms with Crippen molar-refractivity contribution in [3.05, 3.63) is 41.0 Å². The second-order valence-corrected chi connectivity index (χ2v) is 5.10. The van der Waals surface area contributed by atoms with Gasteiger partial charge in [0.15, 0.2) is 0 Å². The minimum atomic E-state index is 0.120. The molecule has 0 N–H and O–H groups in total. The van der Waals surface area contributed by atoms with E-state index in [1.54, 1.807) is 0 Å². The van der Waals surface area contributed by atoms with Gasteiger partial charge in [-0.3, -0.25) is 0 Å². The van der Waals surface area contributed by atoms with E-state index in [-0.39, 0.29) is 5.38 Å². The second kappa shape index (κ2) is 4.40. The third-order valence-electron chi connectivity index (χ3n) is 2.98. The molecule has 2 rings (SSSR count). The molecule has 1 aliphatic carbocycles. The zero-order chi connectivity index (χ0) is 10.8. The maximum atomic E-state index is 6.02. The Balaban J connectivity index is 2.21. The number of alkyl halides is 1. The summed E-state index contributed by atoms with van der Waals surface area (Å²) in [6.45, 7) is 4.10. The summed E-state index contributed by atoms with van der Waals surface area (Å²) >= 11 is 6.02. The van der Waals surface area contributed by atoms with Gasteiger partial charge in [0.25, 0.3) is 0 Å². The molecular weight excluding hydrogens is 204 g/mol. The monoisotopic (exact) mass is 220 g/mol. The van der Waals surface area contributed by atoms with Crippen molar-refractivity contribution >= 4 is 17.7 Å². The fourth-order valence-corrected chi connectivity index (χ4v) is 1.76. The molecule has 15 heavy (non-hydrogen) atoms. The molecule has 1 fully saturated rings. The average Bonchev–Trinajstić information content (AvgIpc) is 3.01. The van der Waals surface area contributed by atoms with Gasteiger partial charge in [-0.2, -0.15) is 0 Å². The largest absolute Gasteiger partial charge is 0.118 e. The maximum absolute atomic E-state index is 6.02. The van der Waals surface area contributed by atoms with E-state index in [1.165, 1.54) is 29.5 Å². The van der Waals surface area contributed by atoms with Crippen LogP contribution in [0.1, 0.15) is 43.7 Å². The molecule has 1 aliphatic rings. The van der Waals surface area contributed by atoms with Crippen LogP contribution in [0, 0.1) is 0 Å². The van der Waals surface area contributed by atoms with Gasteiger partial charge in [-0.05, 0) is 43.7 Å². The molecule has 0 amide bonds. The normalized spacial score (nSPS) is 19.0. The van der Waals surface area contributed by atoms with Crippen LogP contribution in [0.3, 0.4) is 0 Å². The quantitative estimate of drug-likeness (QED) is 0.654. The molecular formula is C14H17Cl. The van der Waals surface area contributed by atoms with E-state index in [2.05, 4.69) is 37.3 Å². The lowest BCUT2D eigenvalue weighted by atomic mass is 10.0. The second-order valence-electron chi connectivity index (χ2n) is 4.45. The van der Waals surface area contributed by atoms with Crippen LogP contribution < -0.4 is 0 Å². The zero-order valence-corrected chi connectivity index (χ0v) is 10.1. The summed E-state index contributed by atoms with van der Waals surface area (Å²) in [6.07, 6.45) is 4.90. The van der Waals surface area contributed by atoms with Gasteiger partial charge in [0, 0.05) is 0 Å². The average molecular weight is 221 g/mol. The molecule has 1 aromatic carbocycles. The maximum Gasteiger partial charge on any atom is 0.0517 e. The van der Waals surface area contributed by atoms with Crippen molar-refractivity contribution in [1.82, 2.24) is 0 Å². The molecule has 1 heteroatoms. The summed E-state index contributed by atoms with van der Waals surface area (Å²) in [4.78, 5) is 0. The van der Waals surface area contributed by atoms with Crippen molar-refractivity contribution in [3.8, 4) is 0 Å². The summed E-state index contributed by atoms with van der Waals surface area (Å²) < 4.78 is 0. The summed E-state index contributed by atoms with van der Waals surface area (Å²) in [7, 11) is 0. The lowest BCUT2D eigenvalue weighted by Gasteiger charge is -2.04. The van der Waals surface area contributed by atoms with E-state index in [1.807, 2.05) is 6.92 Å². The zero-order valence-electron chi connectivity index (χ0n) is 9.33. The Labute approximate surface area is 97.0 Å². The highest BCUT2D eigenvalue weighted by Crippen LogP contribution is 2.40. The highest BCUT2D eigenvalue weighted by molar-refractivity contribution is 6.22. The molecule has 0 nitrogen and oxygen atoms in total. The van der Waals surface area contributed by atoms with Crippen molar-refractivity contribution in [2.75, 3.05) is 0 Å². The lowest BCUT2D eigenvalue weighted by Crippen LogP contribution is -1.91. The molecule has 1 aromatic rings. The van der Waals surface area contributed by atoms with E-state index in [9.17, 15) is 0 Å². The van der Waals surface area contributed by atoms with Crippen molar-refractivity contribution in [2.45, 2.75) is 38.0 Å². The standard InChI is InChI=1S/C14H17Cl/c1-10(11(2)15)8-12-4-3-5-14(9-12)13-6-7-13/h3-5,8-9,11,13H,6-7H2,1-2H3/b10-8+. The van der Waals surface area contributed by atoms with E-state index in [4.69, 9.17) is 11.6 Å². The first-order valence-corrected chi connectivity index (χ1v) is 6.02. The van der Waals surface area contributed by atoms with Gasteiger partial charge in [-0.15, -0.1) is 11.6 Å². The fraction of sp³-hybridized carbons (Fsp3) is 0.429. The van der Waals surface area contributed by atoms with Gasteiger partial charge >= 0.3 is 0 Å². The Kier molecular flexibility index (Phi) is 3.16. The first-order chi connectivity index (χ1) is 7.16. The molecule has 1 atom stereocenters. The Morgan fingerprint density at radius 3 is 2.80 bits per heavy atom. The summed E-state index contributed by atoms with van der Waals surface area (Å²) in [6, 6.07) is 8.81. The van der Waals surface area contributed by atoms with E-state index < -0.39 is 0 Å². The van der Waals surface area contributed by atoms with E-state index >= 15 is 0 Å². The molecule has 0 radical (unpaired) electrons. The summed E-state index contributed by atoms with van der Waals surface area (Å²) in [5.41, 5.74) is 3.99. The smallest absolute Gasteiger partial charge is 0.0517 e. The third kappa shape index (κ3) is 2.85. The lowest BCUT2D eigenvalue weighted by molar-refractivity contribution is 1.11. The van der Waals surface area contributed by atoms with Gasteiger partial charge < -0.3 is 0 Å². The van der Waals surface area contributed by atoms with Crippen LogP contribution in [0.25, 0.3) is 6.08 Å². The molecule has 1 saturated carbocycles. The van der Waals surface area contributed by atoms with Gasteiger partial charge in [0.2, 0.25) is 0 Å². The SMILES string of the molecule is C/C(=C\c1cccc(C2CC2)c1)C(C)Cl. The molecule has 0 bridgehead atoms. The minimum Gasteiger partial charge on any atom is -0.118 e. The van der Waals surface area contributed by atoms with Gasteiger partial charge in [-0.25, -0.2) is 0 Å². The highest BCUT2D eigenvalue weighted by atomic mass is 35.5. The first-order valence-electron chi connectivity index (χ1n) is 5.59. The number of rotatable bonds is 3. The van der Waals surface area contributed by atoms with Crippen LogP contribution >= 0.6 is 11.6 Å². The first kappa shape index (κ1) is 10.8. The van der Waals surface area contributed by atoms with E-state index in [0.717, 1.165) is 5.92 Å². The molecule has 0 heterocycles. The Morgan fingerprint density at radius 1 is 1.47 bits per heavy atom. The molecule has 1 unspecified atom stereocenters. The Bertz CT molecular complexity index is 373. The highest BCUT2D eigenvalue weighted by Gasteiger charge is 2.23. The summed E-state index contributed by atoms with van der Waals surface area (Å²) in [5.74, 6) is 0.826. The van der Waals surface area contributed by atoms with Gasteiger partial charge in [0.05, 0.1) is 5.38 Å². The minimum absolute atomic E-state index is 0.120. The molecule has 0 spiro atoms. The number of hydrogen-bond donors (Lipinski definition) is 0. The Morgan fingerprint density at radius 2 is 2.20 bits per heavy atom.